The Bertz CT molecular complexity index is 222. The maximum absolute atomic E-state index is 5.75. The van der Waals surface area contributed by atoms with Crippen molar-refractivity contribution in [3.8, 4) is 0 Å². The molecular formula is C6H3Cl2Sn. The Morgan fingerprint density at radius 1 is 1.22 bits per heavy atom. The summed E-state index contributed by atoms with van der Waals surface area (Å²) >= 11 is 12.7. The van der Waals surface area contributed by atoms with Crippen molar-refractivity contribution in [3.63, 3.8) is 0 Å². The monoisotopic (exact) mass is 265 g/mol. The van der Waals surface area contributed by atoms with Gasteiger partial charge in [0.25, 0.3) is 0 Å². The summed E-state index contributed by atoms with van der Waals surface area (Å²) in [6.45, 7) is 0. The molecule has 0 bridgehead atoms. The molecule has 0 heterocycles. The van der Waals surface area contributed by atoms with E-state index in [2.05, 4.69) is 0 Å². The summed E-state index contributed by atoms with van der Waals surface area (Å²) < 4.78 is 1.15. The minimum atomic E-state index is 0.700. The molecule has 0 saturated heterocycles. The molecule has 45 valence electrons. The van der Waals surface area contributed by atoms with Gasteiger partial charge in [-0.2, -0.15) is 0 Å². The van der Waals surface area contributed by atoms with E-state index in [1.54, 1.807) is 6.07 Å². The van der Waals surface area contributed by atoms with Gasteiger partial charge < -0.3 is 0 Å². The molecule has 0 spiro atoms. The van der Waals surface area contributed by atoms with Gasteiger partial charge in [0.05, 0.1) is 0 Å². The van der Waals surface area contributed by atoms with Crippen molar-refractivity contribution in [3.05, 3.63) is 28.2 Å². The van der Waals surface area contributed by atoms with Crippen LogP contribution in [0.4, 0.5) is 0 Å². The Morgan fingerprint density at radius 2 is 1.89 bits per heavy atom. The van der Waals surface area contributed by atoms with E-state index in [-0.39, 0.29) is 0 Å². The first-order chi connectivity index (χ1) is 4.20. The first kappa shape index (κ1) is 7.70. The summed E-state index contributed by atoms with van der Waals surface area (Å²) in [5, 5.41) is 1.46. The molecule has 0 unspecified atom stereocenters. The van der Waals surface area contributed by atoms with Gasteiger partial charge in [0.15, 0.2) is 0 Å². The molecule has 0 N–H and O–H groups in total. The molecule has 0 aliphatic carbocycles. The number of halogens is 2. The average molecular weight is 265 g/mol. The third kappa shape index (κ3) is 2.02. The van der Waals surface area contributed by atoms with Crippen LogP contribution in [0, 0.1) is 0 Å². The normalized spacial score (nSPS) is 9.67. The Labute approximate surface area is 77.2 Å². The average Bonchev–Trinajstić information content (AvgIpc) is 1.80. The molecule has 0 atom stereocenters. The fraction of sp³-hybridized carbons (Fsp3) is 0. The minimum absolute atomic E-state index is 0.700. The van der Waals surface area contributed by atoms with Gasteiger partial charge in [-0.15, -0.1) is 0 Å². The molecule has 9 heavy (non-hydrogen) atoms. The zero-order chi connectivity index (χ0) is 6.85. The molecular weight excluding hydrogens is 262 g/mol. The quantitative estimate of drug-likeness (QED) is 0.627. The van der Waals surface area contributed by atoms with Crippen LogP contribution in [-0.2, 0) is 0 Å². The van der Waals surface area contributed by atoms with Crippen molar-refractivity contribution in [2.24, 2.45) is 0 Å². The Balaban J connectivity index is 3.17. The Morgan fingerprint density at radius 3 is 2.33 bits per heavy atom. The van der Waals surface area contributed by atoms with E-state index in [4.69, 9.17) is 23.2 Å². The molecule has 3 radical (unpaired) electrons. The summed E-state index contributed by atoms with van der Waals surface area (Å²) in [6.07, 6.45) is 0. The predicted octanol–water partition coefficient (Wildman–Crippen LogP) is 1.79. The van der Waals surface area contributed by atoms with Gasteiger partial charge >= 0.3 is 77.6 Å². The molecule has 0 fully saturated rings. The van der Waals surface area contributed by atoms with Gasteiger partial charge in [0.2, 0.25) is 0 Å². The summed E-state index contributed by atoms with van der Waals surface area (Å²) in [5.41, 5.74) is 0. The fourth-order valence-corrected chi connectivity index (χ4v) is 1.34. The van der Waals surface area contributed by atoms with Crippen molar-refractivity contribution in [1.29, 1.82) is 0 Å². The van der Waals surface area contributed by atoms with E-state index in [1.165, 1.54) is 22.5 Å². The summed E-state index contributed by atoms with van der Waals surface area (Å²) in [7, 11) is 0. The van der Waals surface area contributed by atoms with Crippen LogP contribution >= 0.6 is 23.2 Å². The van der Waals surface area contributed by atoms with E-state index in [1.807, 2.05) is 12.1 Å². The zero-order valence-electron chi connectivity index (χ0n) is 4.49. The molecule has 0 saturated carbocycles. The van der Waals surface area contributed by atoms with E-state index in [0.717, 1.165) is 8.60 Å². The fourth-order valence-electron chi connectivity index (χ4n) is 0.489. The number of hydrogen-bond donors (Lipinski definition) is 0. The van der Waals surface area contributed by atoms with Gasteiger partial charge in [0, 0.05) is 0 Å². The summed E-state index contributed by atoms with van der Waals surface area (Å²) in [5.74, 6) is 0. The van der Waals surface area contributed by atoms with Crippen LogP contribution in [0.2, 0.25) is 10.0 Å². The zero-order valence-corrected chi connectivity index (χ0v) is 8.85. The number of rotatable bonds is 0. The Kier molecular flexibility index (Phi) is 2.68. The van der Waals surface area contributed by atoms with E-state index in [9.17, 15) is 0 Å². The molecule has 3 heteroatoms. The van der Waals surface area contributed by atoms with Crippen molar-refractivity contribution in [2.45, 2.75) is 0 Å². The van der Waals surface area contributed by atoms with Crippen LogP contribution < -0.4 is 3.58 Å². The second kappa shape index (κ2) is 3.13. The SMILES string of the molecule is Clc1cc[c]([Sn])c(Cl)c1. The third-order valence-electron chi connectivity index (χ3n) is 0.931. The molecule has 0 aliphatic rings. The molecule has 1 rings (SSSR count). The third-order valence-corrected chi connectivity index (χ3v) is 3.18. The second-order valence-electron chi connectivity index (χ2n) is 1.62. The van der Waals surface area contributed by atoms with Gasteiger partial charge in [-0.05, 0) is 0 Å². The topological polar surface area (TPSA) is 0 Å². The van der Waals surface area contributed by atoms with Crippen molar-refractivity contribution in [1.82, 2.24) is 0 Å². The molecule has 0 aromatic heterocycles. The first-order valence-corrected chi connectivity index (χ1v) is 4.55. The van der Waals surface area contributed by atoms with Gasteiger partial charge in [-0.3, -0.25) is 0 Å². The maximum atomic E-state index is 5.75. The van der Waals surface area contributed by atoms with E-state index in [0.29, 0.717) is 5.02 Å². The standard InChI is InChI=1S/C6H3Cl2.Sn/c7-5-2-1-3-6(8)4-5;/h1-2,4H;. The molecule has 1 aromatic carbocycles. The van der Waals surface area contributed by atoms with Crippen molar-refractivity contribution in [2.75, 3.05) is 0 Å². The van der Waals surface area contributed by atoms with Gasteiger partial charge in [0.1, 0.15) is 0 Å². The van der Waals surface area contributed by atoms with Crippen LogP contribution in [0.25, 0.3) is 0 Å². The van der Waals surface area contributed by atoms with Crippen LogP contribution in [-0.4, -0.2) is 22.5 Å². The molecule has 0 nitrogen and oxygen atoms in total. The van der Waals surface area contributed by atoms with Crippen LogP contribution in [0.5, 0.6) is 0 Å². The van der Waals surface area contributed by atoms with E-state index < -0.39 is 0 Å². The van der Waals surface area contributed by atoms with Crippen LogP contribution in [0.15, 0.2) is 18.2 Å². The summed E-state index contributed by atoms with van der Waals surface area (Å²) in [4.78, 5) is 0. The molecule has 1 aromatic rings. The molecule has 0 amide bonds. The van der Waals surface area contributed by atoms with Gasteiger partial charge in [-0.25, -0.2) is 0 Å². The summed E-state index contributed by atoms with van der Waals surface area (Å²) in [6, 6.07) is 5.54. The Hall–Kier alpha value is 0.599. The number of benzene rings is 1. The van der Waals surface area contributed by atoms with Crippen molar-refractivity contribution >= 4 is 49.3 Å². The van der Waals surface area contributed by atoms with Gasteiger partial charge in [-0.1, -0.05) is 0 Å². The molecule has 0 aliphatic heterocycles. The first-order valence-electron chi connectivity index (χ1n) is 2.37. The van der Waals surface area contributed by atoms with Crippen LogP contribution in [0.1, 0.15) is 0 Å². The second-order valence-corrected chi connectivity index (χ2v) is 4.01. The van der Waals surface area contributed by atoms with E-state index >= 15 is 0 Å². The van der Waals surface area contributed by atoms with Crippen molar-refractivity contribution < 1.29 is 0 Å². The van der Waals surface area contributed by atoms with Crippen LogP contribution in [0.3, 0.4) is 0 Å². The predicted molar refractivity (Wildman–Crippen MR) is 41.9 cm³/mol. The number of hydrogen-bond acceptors (Lipinski definition) is 0.